The van der Waals surface area contributed by atoms with E-state index in [-0.39, 0.29) is 11.8 Å². The number of rotatable bonds is 5. The molecule has 0 aliphatic heterocycles. The molecular formula is C16H18N2O3. The predicted molar refractivity (Wildman–Crippen MR) is 79.2 cm³/mol. The zero-order valence-corrected chi connectivity index (χ0v) is 12.4. The SMILES string of the molecule is COC(=O)c1ccc(/C=C/C(=O)N(C)CC(C)C#N)cc1. The lowest BCUT2D eigenvalue weighted by molar-refractivity contribution is -0.125. The van der Waals surface area contributed by atoms with E-state index in [9.17, 15) is 9.59 Å². The van der Waals surface area contributed by atoms with Gasteiger partial charge in [-0.05, 0) is 30.7 Å². The Morgan fingerprint density at radius 2 is 2.00 bits per heavy atom. The first-order valence-electron chi connectivity index (χ1n) is 6.49. The van der Waals surface area contributed by atoms with Gasteiger partial charge in [0, 0.05) is 19.7 Å². The molecule has 21 heavy (non-hydrogen) atoms. The summed E-state index contributed by atoms with van der Waals surface area (Å²) in [4.78, 5) is 24.6. The zero-order chi connectivity index (χ0) is 15.8. The number of likely N-dealkylation sites (N-methyl/N-ethyl adjacent to an activating group) is 1. The van der Waals surface area contributed by atoms with Crippen LogP contribution in [0, 0.1) is 17.2 Å². The molecule has 1 amide bonds. The van der Waals surface area contributed by atoms with Gasteiger partial charge >= 0.3 is 5.97 Å². The van der Waals surface area contributed by atoms with Crippen molar-refractivity contribution in [1.29, 1.82) is 5.26 Å². The molecule has 0 aliphatic rings. The van der Waals surface area contributed by atoms with Gasteiger partial charge in [0.05, 0.1) is 24.7 Å². The number of carbonyl (C=O) groups is 2. The van der Waals surface area contributed by atoms with E-state index < -0.39 is 5.97 Å². The van der Waals surface area contributed by atoms with E-state index in [0.29, 0.717) is 12.1 Å². The van der Waals surface area contributed by atoms with E-state index in [1.165, 1.54) is 18.1 Å². The third-order valence-electron chi connectivity index (χ3n) is 2.89. The molecule has 5 heteroatoms. The van der Waals surface area contributed by atoms with E-state index in [4.69, 9.17) is 5.26 Å². The zero-order valence-electron chi connectivity index (χ0n) is 12.4. The van der Waals surface area contributed by atoms with Crippen molar-refractivity contribution < 1.29 is 14.3 Å². The van der Waals surface area contributed by atoms with Crippen LogP contribution in [0.5, 0.6) is 0 Å². The van der Waals surface area contributed by atoms with Gasteiger partial charge in [0.25, 0.3) is 0 Å². The molecule has 0 fully saturated rings. The highest BCUT2D eigenvalue weighted by Crippen LogP contribution is 2.08. The summed E-state index contributed by atoms with van der Waals surface area (Å²) < 4.78 is 4.61. The van der Waals surface area contributed by atoms with E-state index in [1.54, 1.807) is 44.3 Å². The minimum atomic E-state index is -0.396. The lowest BCUT2D eigenvalue weighted by atomic mass is 10.1. The molecule has 5 nitrogen and oxygen atoms in total. The standard InChI is InChI=1S/C16H18N2O3/c1-12(10-17)11-18(2)15(19)9-6-13-4-7-14(8-5-13)16(20)21-3/h4-9,12H,11H2,1-3H3/b9-6+. The summed E-state index contributed by atoms with van der Waals surface area (Å²) in [5.41, 5.74) is 1.26. The molecule has 1 atom stereocenters. The molecule has 0 saturated heterocycles. The van der Waals surface area contributed by atoms with Crippen LogP contribution >= 0.6 is 0 Å². The first-order valence-corrected chi connectivity index (χ1v) is 6.49. The number of ether oxygens (including phenoxy) is 1. The van der Waals surface area contributed by atoms with Gasteiger partial charge in [-0.3, -0.25) is 4.79 Å². The Balaban J connectivity index is 2.66. The normalized spacial score (nSPS) is 11.7. The van der Waals surface area contributed by atoms with Crippen molar-refractivity contribution in [2.75, 3.05) is 20.7 Å². The number of amides is 1. The molecular weight excluding hydrogens is 268 g/mol. The smallest absolute Gasteiger partial charge is 0.337 e. The Hall–Kier alpha value is -2.61. The number of carbonyl (C=O) groups excluding carboxylic acids is 2. The largest absolute Gasteiger partial charge is 0.465 e. The highest BCUT2D eigenvalue weighted by molar-refractivity contribution is 5.92. The summed E-state index contributed by atoms with van der Waals surface area (Å²) in [6.45, 7) is 2.15. The Morgan fingerprint density at radius 3 is 2.52 bits per heavy atom. The highest BCUT2D eigenvalue weighted by Gasteiger charge is 2.09. The molecule has 110 valence electrons. The maximum atomic E-state index is 11.8. The van der Waals surface area contributed by atoms with Crippen molar-refractivity contribution in [3.63, 3.8) is 0 Å². The lowest BCUT2D eigenvalue weighted by Crippen LogP contribution is -2.29. The van der Waals surface area contributed by atoms with Gasteiger partial charge in [0.2, 0.25) is 5.91 Å². The van der Waals surface area contributed by atoms with Crippen molar-refractivity contribution in [3.8, 4) is 6.07 Å². The van der Waals surface area contributed by atoms with Crippen LogP contribution in [0.4, 0.5) is 0 Å². The summed E-state index contributed by atoms with van der Waals surface area (Å²) in [6.07, 6.45) is 3.11. The molecule has 0 heterocycles. The Kier molecular flexibility index (Phi) is 6.15. The second-order valence-corrected chi connectivity index (χ2v) is 4.70. The molecule has 1 rings (SSSR count). The number of nitriles is 1. The van der Waals surface area contributed by atoms with Crippen LogP contribution in [0.25, 0.3) is 6.08 Å². The van der Waals surface area contributed by atoms with E-state index in [2.05, 4.69) is 10.8 Å². The van der Waals surface area contributed by atoms with Gasteiger partial charge in [-0.25, -0.2) is 4.79 Å². The van der Waals surface area contributed by atoms with Crippen LogP contribution in [0.3, 0.4) is 0 Å². The predicted octanol–water partition coefficient (Wildman–Crippen LogP) is 2.10. The number of nitrogens with zero attached hydrogens (tertiary/aromatic N) is 2. The Bertz CT molecular complexity index is 570. The quantitative estimate of drug-likeness (QED) is 0.614. The molecule has 0 spiro atoms. The average molecular weight is 286 g/mol. The monoisotopic (exact) mass is 286 g/mol. The molecule has 1 aromatic carbocycles. The van der Waals surface area contributed by atoms with Gasteiger partial charge in [-0.2, -0.15) is 5.26 Å². The number of esters is 1. The van der Waals surface area contributed by atoms with Gasteiger partial charge in [-0.15, -0.1) is 0 Å². The van der Waals surface area contributed by atoms with Crippen LogP contribution < -0.4 is 0 Å². The molecule has 1 aromatic rings. The molecule has 0 radical (unpaired) electrons. The van der Waals surface area contributed by atoms with Crippen molar-refractivity contribution in [3.05, 3.63) is 41.5 Å². The number of hydrogen-bond donors (Lipinski definition) is 0. The number of methoxy groups -OCH3 is 1. The van der Waals surface area contributed by atoms with E-state index >= 15 is 0 Å². The summed E-state index contributed by atoms with van der Waals surface area (Å²) in [7, 11) is 2.98. The van der Waals surface area contributed by atoms with Crippen molar-refractivity contribution in [2.24, 2.45) is 5.92 Å². The van der Waals surface area contributed by atoms with Crippen LogP contribution in [0.15, 0.2) is 30.3 Å². The van der Waals surface area contributed by atoms with Crippen molar-refractivity contribution >= 4 is 18.0 Å². The topological polar surface area (TPSA) is 70.4 Å². The fourth-order valence-corrected chi connectivity index (χ4v) is 1.68. The fraction of sp³-hybridized carbons (Fsp3) is 0.312. The van der Waals surface area contributed by atoms with Gasteiger partial charge < -0.3 is 9.64 Å². The average Bonchev–Trinajstić information content (AvgIpc) is 2.51. The van der Waals surface area contributed by atoms with E-state index in [0.717, 1.165) is 5.56 Å². The summed E-state index contributed by atoms with van der Waals surface area (Å²) >= 11 is 0. The second kappa shape index (κ2) is 7.85. The van der Waals surface area contributed by atoms with Crippen LogP contribution in [0.1, 0.15) is 22.8 Å². The van der Waals surface area contributed by atoms with Crippen LogP contribution in [-0.4, -0.2) is 37.5 Å². The third-order valence-corrected chi connectivity index (χ3v) is 2.89. The fourth-order valence-electron chi connectivity index (χ4n) is 1.68. The molecule has 0 saturated carbocycles. The third kappa shape index (κ3) is 5.11. The van der Waals surface area contributed by atoms with Gasteiger partial charge in [-0.1, -0.05) is 12.1 Å². The van der Waals surface area contributed by atoms with Crippen LogP contribution in [-0.2, 0) is 9.53 Å². The number of benzene rings is 1. The first kappa shape index (κ1) is 16.4. The minimum Gasteiger partial charge on any atom is -0.465 e. The second-order valence-electron chi connectivity index (χ2n) is 4.70. The van der Waals surface area contributed by atoms with Crippen LogP contribution in [0.2, 0.25) is 0 Å². The molecule has 0 N–H and O–H groups in total. The minimum absolute atomic E-state index is 0.172. The van der Waals surface area contributed by atoms with E-state index in [1.807, 2.05) is 0 Å². The lowest BCUT2D eigenvalue weighted by Gasteiger charge is -2.15. The first-order chi connectivity index (χ1) is 9.97. The summed E-state index contributed by atoms with van der Waals surface area (Å²) in [6, 6.07) is 8.82. The maximum absolute atomic E-state index is 11.8. The summed E-state index contributed by atoms with van der Waals surface area (Å²) in [5, 5.41) is 8.72. The molecule has 0 bridgehead atoms. The Labute approximate surface area is 124 Å². The van der Waals surface area contributed by atoms with Crippen molar-refractivity contribution in [1.82, 2.24) is 4.90 Å². The van der Waals surface area contributed by atoms with Gasteiger partial charge in [0.15, 0.2) is 0 Å². The molecule has 0 aromatic heterocycles. The number of hydrogen-bond acceptors (Lipinski definition) is 4. The molecule has 1 unspecified atom stereocenters. The van der Waals surface area contributed by atoms with Crippen molar-refractivity contribution in [2.45, 2.75) is 6.92 Å². The maximum Gasteiger partial charge on any atom is 0.337 e. The summed E-state index contributed by atoms with van der Waals surface area (Å²) in [5.74, 6) is -0.771. The highest BCUT2D eigenvalue weighted by atomic mass is 16.5. The Morgan fingerprint density at radius 1 is 1.38 bits per heavy atom. The molecule has 0 aliphatic carbocycles. The van der Waals surface area contributed by atoms with Gasteiger partial charge in [0.1, 0.15) is 0 Å².